The fourth-order valence-electron chi connectivity index (χ4n) is 3.11. The fourth-order valence-corrected chi connectivity index (χ4v) is 3.11. The van der Waals surface area contributed by atoms with Crippen molar-refractivity contribution in [3.8, 4) is 0 Å². The van der Waals surface area contributed by atoms with Gasteiger partial charge < -0.3 is 15.8 Å². The molecular weight excluding hydrogens is 228 g/mol. The highest BCUT2D eigenvalue weighted by atomic mass is 16.5. The molecule has 4 nitrogen and oxygen atoms in total. The molecule has 2 atom stereocenters. The molecule has 0 radical (unpaired) electrons. The highest BCUT2D eigenvalue weighted by Crippen LogP contribution is 2.32. The molecule has 0 aromatic rings. The summed E-state index contributed by atoms with van der Waals surface area (Å²) in [7, 11) is 0. The molecule has 0 aliphatic heterocycles. The van der Waals surface area contributed by atoms with Crippen LogP contribution in [0.5, 0.6) is 0 Å². The monoisotopic (exact) mass is 254 g/mol. The molecule has 1 amide bonds. The average molecular weight is 254 g/mol. The van der Waals surface area contributed by atoms with Crippen molar-refractivity contribution < 1.29 is 9.53 Å². The normalized spacial score (nSPS) is 35.2. The summed E-state index contributed by atoms with van der Waals surface area (Å²) < 4.78 is 5.50. The van der Waals surface area contributed by atoms with Crippen molar-refractivity contribution in [2.75, 3.05) is 13.2 Å². The van der Waals surface area contributed by atoms with E-state index in [4.69, 9.17) is 10.5 Å². The summed E-state index contributed by atoms with van der Waals surface area (Å²) in [5, 5.41) is 3.04. The zero-order valence-electron chi connectivity index (χ0n) is 11.4. The summed E-state index contributed by atoms with van der Waals surface area (Å²) in [4.78, 5) is 11.8. The predicted octanol–water partition coefficient (Wildman–Crippen LogP) is 1.44. The Hall–Kier alpha value is -0.610. The van der Waals surface area contributed by atoms with Gasteiger partial charge in [-0.25, -0.2) is 0 Å². The highest BCUT2D eigenvalue weighted by molar-refractivity contribution is 5.76. The van der Waals surface area contributed by atoms with Gasteiger partial charge in [0.05, 0.1) is 6.10 Å². The van der Waals surface area contributed by atoms with E-state index in [9.17, 15) is 4.79 Å². The maximum absolute atomic E-state index is 11.8. The van der Waals surface area contributed by atoms with Gasteiger partial charge in [-0.05, 0) is 44.4 Å². The van der Waals surface area contributed by atoms with E-state index in [0.717, 1.165) is 38.8 Å². The largest absolute Gasteiger partial charge is 0.378 e. The van der Waals surface area contributed by atoms with E-state index in [2.05, 4.69) is 5.32 Å². The van der Waals surface area contributed by atoms with E-state index in [1.165, 1.54) is 6.42 Å². The Labute approximate surface area is 110 Å². The lowest BCUT2D eigenvalue weighted by Crippen LogP contribution is -2.39. The number of ether oxygens (including phenoxy) is 1. The Kier molecular flexibility index (Phi) is 5.01. The first-order valence-corrected chi connectivity index (χ1v) is 7.33. The van der Waals surface area contributed by atoms with Gasteiger partial charge in [-0.2, -0.15) is 0 Å². The van der Waals surface area contributed by atoms with E-state index in [1.807, 2.05) is 6.92 Å². The third-order valence-electron chi connectivity index (χ3n) is 4.35. The summed E-state index contributed by atoms with van der Waals surface area (Å²) in [6.45, 7) is 3.57. The smallest absolute Gasteiger partial charge is 0.220 e. The SMILES string of the molecule is CCOC1CC(CC(=O)NCC2CCCC2N)C1. The van der Waals surface area contributed by atoms with Crippen LogP contribution in [0.25, 0.3) is 0 Å². The van der Waals surface area contributed by atoms with Crippen LogP contribution in [0.1, 0.15) is 45.4 Å². The minimum atomic E-state index is 0.189. The van der Waals surface area contributed by atoms with E-state index >= 15 is 0 Å². The molecule has 0 aromatic carbocycles. The fraction of sp³-hybridized carbons (Fsp3) is 0.929. The van der Waals surface area contributed by atoms with Crippen molar-refractivity contribution in [1.82, 2.24) is 5.32 Å². The molecule has 2 unspecified atom stereocenters. The van der Waals surface area contributed by atoms with Crippen molar-refractivity contribution in [3.63, 3.8) is 0 Å². The molecule has 2 saturated carbocycles. The number of nitrogens with two attached hydrogens (primary N) is 1. The maximum atomic E-state index is 11.8. The lowest BCUT2D eigenvalue weighted by atomic mass is 9.80. The zero-order valence-corrected chi connectivity index (χ0v) is 11.4. The van der Waals surface area contributed by atoms with Crippen LogP contribution in [-0.2, 0) is 9.53 Å². The maximum Gasteiger partial charge on any atom is 0.220 e. The van der Waals surface area contributed by atoms with Crippen LogP contribution in [-0.4, -0.2) is 31.2 Å². The molecule has 2 aliphatic rings. The van der Waals surface area contributed by atoms with Gasteiger partial charge in [0.15, 0.2) is 0 Å². The average Bonchev–Trinajstić information content (AvgIpc) is 2.69. The summed E-state index contributed by atoms with van der Waals surface area (Å²) in [5.41, 5.74) is 5.99. The van der Waals surface area contributed by atoms with Crippen LogP contribution in [0, 0.1) is 11.8 Å². The van der Waals surface area contributed by atoms with Crippen molar-refractivity contribution in [1.29, 1.82) is 0 Å². The standard InChI is InChI=1S/C14H26N2O2/c1-2-18-12-6-10(7-12)8-14(17)16-9-11-4-3-5-13(11)15/h10-13H,2-9,15H2,1H3,(H,16,17). The van der Waals surface area contributed by atoms with Crippen LogP contribution in [0.2, 0.25) is 0 Å². The molecule has 0 saturated heterocycles. The Morgan fingerprint density at radius 1 is 1.39 bits per heavy atom. The third kappa shape index (κ3) is 3.69. The summed E-state index contributed by atoms with van der Waals surface area (Å²) in [5.74, 6) is 1.21. The van der Waals surface area contributed by atoms with Crippen LogP contribution in [0.4, 0.5) is 0 Å². The number of carbonyl (C=O) groups excluding carboxylic acids is 1. The Balaban J connectivity index is 1.56. The molecule has 0 spiro atoms. The summed E-state index contributed by atoms with van der Waals surface area (Å²) in [6, 6.07) is 0.288. The molecule has 0 bridgehead atoms. The van der Waals surface area contributed by atoms with Crippen molar-refractivity contribution in [2.24, 2.45) is 17.6 Å². The van der Waals surface area contributed by atoms with Gasteiger partial charge in [0.25, 0.3) is 0 Å². The molecule has 104 valence electrons. The predicted molar refractivity (Wildman–Crippen MR) is 71.1 cm³/mol. The molecule has 2 rings (SSSR count). The molecule has 18 heavy (non-hydrogen) atoms. The topological polar surface area (TPSA) is 64.3 Å². The molecule has 4 heteroatoms. The minimum Gasteiger partial charge on any atom is -0.378 e. The van der Waals surface area contributed by atoms with Gasteiger partial charge in [-0.1, -0.05) is 6.42 Å². The van der Waals surface area contributed by atoms with Crippen LogP contribution in [0.3, 0.4) is 0 Å². The van der Waals surface area contributed by atoms with Gasteiger partial charge >= 0.3 is 0 Å². The van der Waals surface area contributed by atoms with Gasteiger partial charge in [0, 0.05) is 25.6 Å². The summed E-state index contributed by atoms with van der Waals surface area (Å²) in [6.07, 6.45) is 6.63. The van der Waals surface area contributed by atoms with Gasteiger partial charge in [-0.15, -0.1) is 0 Å². The third-order valence-corrected chi connectivity index (χ3v) is 4.35. The van der Waals surface area contributed by atoms with Crippen LogP contribution in [0.15, 0.2) is 0 Å². The van der Waals surface area contributed by atoms with Gasteiger partial charge in [-0.3, -0.25) is 4.79 Å². The Bertz CT molecular complexity index is 277. The highest BCUT2D eigenvalue weighted by Gasteiger charge is 2.31. The van der Waals surface area contributed by atoms with E-state index in [-0.39, 0.29) is 11.9 Å². The molecule has 3 N–H and O–H groups in total. The Morgan fingerprint density at radius 2 is 2.17 bits per heavy atom. The zero-order chi connectivity index (χ0) is 13.0. The van der Waals surface area contributed by atoms with Gasteiger partial charge in [0.1, 0.15) is 0 Å². The second-order valence-corrected chi connectivity index (χ2v) is 5.78. The molecule has 0 heterocycles. The second kappa shape index (κ2) is 6.53. The first kappa shape index (κ1) is 13.8. The quantitative estimate of drug-likeness (QED) is 0.754. The minimum absolute atomic E-state index is 0.189. The lowest BCUT2D eigenvalue weighted by molar-refractivity contribution is -0.124. The van der Waals surface area contributed by atoms with E-state index in [0.29, 0.717) is 24.4 Å². The summed E-state index contributed by atoms with van der Waals surface area (Å²) >= 11 is 0. The van der Waals surface area contributed by atoms with E-state index < -0.39 is 0 Å². The number of nitrogens with one attached hydrogen (secondary N) is 1. The van der Waals surface area contributed by atoms with Crippen molar-refractivity contribution in [3.05, 3.63) is 0 Å². The van der Waals surface area contributed by atoms with Crippen molar-refractivity contribution >= 4 is 5.91 Å². The molecular formula is C14H26N2O2. The number of hydrogen-bond donors (Lipinski definition) is 2. The lowest BCUT2D eigenvalue weighted by Gasteiger charge is -2.34. The Morgan fingerprint density at radius 3 is 2.78 bits per heavy atom. The number of amides is 1. The molecule has 0 aromatic heterocycles. The number of rotatable bonds is 6. The van der Waals surface area contributed by atoms with Gasteiger partial charge in [0.2, 0.25) is 5.91 Å². The first-order chi connectivity index (χ1) is 8.69. The second-order valence-electron chi connectivity index (χ2n) is 5.78. The van der Waals surface area contributed by atoms with Crippen LogP contribution >= 0.6 is 0 Å². The molecule has 2 aliphatic carbocycles. The van der Waals surface area contributed by atoms with Crippen molar-refractivity contribution in [2.45, 2.75) is 57.6 Å². The number of hydrogen-bond acceptors (Lipinski definition) is 3. The molecule has 2 fully saturated rings. The van der Waals surface area contributed by atoms with Crippen LogP contribution < -0.4 is 11.1 Å². The number of carbonyl (C=O) groups is 1. The first-order valence-electron chi connectivity index (χ1n) is 7.33. The van der Waals surface area contributed by atoms with E-state index in [1.54, 1.807) is 0 Å².